The van der Waals surface area contributed by atoms with Crippen LogP contribution >= 0.6 is 11.3 Å². The first-order chi connectivity index (χ1) is 14.2. The average molecular weight is 410 g/mol. The van der Waals surface area contributed by atoms with Crippen LogP contribution in [0, 0.1) is 0 Å². The number of rotatable bonds is 6. The summed E-state index contributed by atoms with van der Waals surface area (Å²) in [4.78, 5) is 20.6. The summed E-state index contributed by atoms with van der Waals surface area (Å²) in [6, 6.07) is 16.9. The lowest BCUT2D eigenvalue weighted by Gasteiger charge is -2.34. The number of benzene rings is 2. The van der Waals surface area contributed by atoms with Crippen LogP contribution in [-0.4, -0.2) is 64.1 Å². The molecule has 2 atom stereocenters. The first-order valence-electron chi connectivity index (χ1n) is 9.96. The lowest BCUT2D eigenvalue weighted by Crippen LogP contribution is -2.49. The molecular formula is C22H23N3O3S. The number of nitrogens with zero attached hydrogens (tertiary/aromatic N) is 3. The van der Waals surface area contributed by atoms with E-state index in [0.717, 1.165) is 48.4 Å². The quantitative estimate of drug-likeness (QED) is 0.678. The summed E-state index contributed by atoms with van der Waals surface area (Å²) >= 11 is 1.55. The number of fused-ring (bicyclic) bond motifs is 3. The van der Waals surface area contributed by atoms with Gasteiger partial charge in [-0.15, -0.1) is 0 Å². The number of carbonyl (C=O) groups excluding carboxylic acids is 1. The Morgan fingerprint density at radius 3 is 2.86 bits per heavy atom. The van der Waals surface area contributed by atoms with Gasteiger partial charge in [-0.25, -0.2) is 4.98 Å². The van der Waals surface area contributed by atoms with E-state index in [0.29, 0.717) is 11.2 Å². The summed E-state index contributed by atoms with van der Waals surface area (Å²) in [7, 11) is 0. The fraction of sp³-hybridized carbons (Fsp3) is 0.364. The third kappa shape index (κ3) is 3.73. The van der Waals surface area contributed by atoms with Crippen molar-refractivity contribution in [3.63, 3.8) is 0 Å². The molecule has 1 aromatic heterocycles. The molecule has 2 aromatic carbocycles. The van der Waals surface area contributed by atoms with Crippen molar-refractivity contribution in [2.24, 2.45) is 0 Å². The van der Waals surface area contributed by atoms with E-state index in [9.17, 15) is 4.79 Å². The molecule has 2 saturated heterocycles. The largest absolute Gasteiger partial charge is 0.431 e. The number of likely N-dealkylation sites (tertiary alicyclic amines) is 2. The van der Waals surface area contributed by atoms with E-state index in [2.05, 4.69) is 28.1 Å². The molecule has 5 rings (SSSR count). The molecule has 2 aliphatic rings. The maximum atomic E-state index is 11.8. The van der Waals surface area contributed by atoms with Gasteiger partial charge in [0, 0.05) is 31.7 Å². The Bertz CT molecular complexity index is 1000. The number of hydrogen-bond acceptors (Lipinski definition) is 6. The molecule has 29 heavy (non-hydrogen) atoms. The Balaban J connectivity index is 1.20. The Morgan fingerprint density at radius 2 is 2.07 bits per heavy atom. The van der Waals surface area contributed by atoms with Gasteiger partial charge in [0.2, 0.25) is 5.91 Å². The standard InChI is InChI=1S/C22H23N3O3S/c26-14-21(27)25-13-16-11-17(25)12-24(16)9-8-15-4-3-5-18(10-15)28-22-23-19-6-1-2-7-20(19)29-22/h1-7,10,16-17,26H,8-9,11-14H2. The van der Waals surface area contributed by atoms with Crippen molar-refractivity contribution in [1.82, 2.24) is 14.8 Å². The van der Waals surface area contributed by atoms with Crippen LogP contribution in [-0.2, 0) is 11.2 Å². The van der Waals surface area contributed by atoms with E-state index in [-0.39, 0.29) is 18.6 Å². The second kappa shape index (κ2) is 7.74. The van der Waals surface area contributed by atoms with Gasteiger partial charge in [0.05, 0.1) is 10.2 Å². The lowest BCUT2D eigenvalue weighted by atomic mass is 10.1. The second-order valence-electron chi connectivity index (χ2n) is 7.69. The van der Waals surface area contributed by atoms with Crippen molar-refractivity contribution in [3.05, 3.63) is 54.1 Å². The lowest BCUT2D eigenvalue weighted by molar-refractivity contribution is -0.136. The van der Waals surface area contributed by atoms with Gasteiger partial charge in [-0.1, -0.05) is 35.6 Å². The fourth-order valence-corrected chi connectivity index (χ4v) is 5.29. The number of thiazole rings is 1. The first kappa shape index (κ1) is 18.5. The number of para-hydroxylation sites is 1. The van der Waals surface area contributed by atoms with Crippen molar-refractivity contribution in [2.75, 3.05) is 26.2 Å². The molecule has 3 aromatic rings. The third-order valence-corrected chi connectivity index (χ3v) is 6.79. The highest BCUT2D eigenvalue weighted by Crippen LogP contribution is 2.32. The van der Waals surface area contributed by atoms with Crippen molar-refractivity contribution < 1.29 is 14.6 Å². The molecule has 2 aliphatic heterocycles. The summed E-state index contributed by atoms with van der Waals surface area (Å²) in [5.41, 5.74) is 2.19. The van der Waals surface area contributed by atoms with Gasteiger partial charge in [0.25, 0.3) is 5.19 Å². The molecular weight excluding hydrogens is 386 g/mol. The number of aliphatic hydroxyl groups excluding tert-OH is 1. The number of carbonyl (C=O) groups is 1. The first-order valence-corrected chi connectivity index (χ1v) is 10.8. The predicted molar refractivity (Wildman–Crippen MR) is 112 cm³/mol. The van der Waals surface area contributed by atoms with Crippen LogP contribution in [0.3, 0.4) is 0 Å². The van der Waals surface area contributed by atoms with Gasteiger partial charge < -0.3 is 14.7 Å². The maximum absolute atomic E-state index is 11.8. The molecule has 1 N–H and O–H groups in total. The third-order valence-electron chi connectivity index (χ3n) is 5.88. The zero-order valence-electron chi connectivity index (χ0n) is 16.0. The molecule has 1 amide bonds. The molecule has 0 saturated carbocycles. The van der Waals surface area contributed by atoms with Gasteiger partial charge in [-0.05, 0) is 42.7 Å². The summed E-state index contributed by atoms with van der Waals surface area (Å²) in [6.45, 7) is 2.22. The van der Waals surface area contributed by atoms with Gasteiger partial charge in [0.15, 0.2) is 0 Å². The zero-order chi connectivity index (χ0) is 19.8. The molecule has 150 valence electrons. The molecule has 2 unspecified atom stereocenters. The number of aliphatic hydroxyl groups is 1. The van der Waals surface area contributed by atoms with Crippen LogP contribution in [0.2, 0.25) is 0 Å². The minimum Gasteiger partial charge on any atom is -0.431 e. The van der Waals surface area contributed by atoms with E-state index < -0.39 is 0 Å². The van der Waals surface area contributed by atoms with Crippen molar-refractivity contribution in [1.29, 1.82) is 0 Å². The van der Waals surface area contributed by atoms with E-state index in [4.69, 9.17) is 9.84 Å². The normalized spacial score (nSPS) is 21.2. The average Bonchev–Trinajstić information content (AvgIpc) is 3.45. The van der Waals surface area contributed by atoms with Crippen LogP contribution in [0.5, 0.6) is 10.9 Å². The summed E-state index contributed by atoms with van der Waals surface area (Å²) < 4.78 is 7.13. The van der Waals surface area contributed by atoms with Crippen LogP contribution in [0.25, 0.3) is 10.2 Å². The maximum Gasteiger partial charge on any atom is 0.279 e. The molecule has 3 heterocycles. The summed E-state index contributed by atoms with van der Waals surface area (Å²) in [5, 5.41) is 9.75. The molecule has 2 bridgehead atoms. The van der Waals surface area contributed by atoms with E-state index in [1.807, 2.05) is 35.2 Å². The Labute approximate surface area is 173 Å². The van der Waals surface area contributed by atoms with Crippen LogP contribution in [0.15, 0.2) is 48.5 Å². The summed E-state index contributed by atoms with van der Waals surface area (Å²) in [6.07, 6.45) is 1.96. The second-order valence-corrected chi connectivity index (χ2v) is 8.68. The highest BCUT2D eigenvalue weighted by molar-refractivity contribution is 7.20. The number of aromatic nitrogens is 1. The fourth-order valence-electron chi connectivity index (χ4n) is 4.45. The SMILES string of the molecule is O=C(CO)N1CC2CC1CN2CCc1cccc(Oc2nc3ccccc3s2)c1. The molecule has 0 spiro atoms. The predicted octanol–water partition coefficient (Wildman–Crippen LogP) is 2.91. The highest BCUT2D eigenvalue weighted by atomic mass is 32.1. The molecule has 0 aliphatic carbocycles. The van der Waals surface area contributed by atoms with Crippen molar-refractivity contribution in [3.8, 4) is 10.9 Å². The van der Waals surface area contributed by atoms with E-state index in [1.54, 1.807) is 11.3 Å². The van der Waals surface area contributed by atoms with Gasteiger partial charge >= 0.3 is 0 Å². The van der Waals surface area contributed by atoms with Gasteiger partial charge in [0.1, 0.15) is 12.4 Å². The topological polar surface area (TPSA) is 65.9 Å². The minimum absolute atomic E-state index is 0.142. The Morgan fingerprint density at radius 1 is 1.17 bits per heavy atom. The number of piperazine rings is 1. The smallest absolute Gasteiger partial charge is 0.279 e. The number of amides is 1. The molecule has 7 heteroatoms. The van der Waals surface area contributed by atoms with E-state index in [1.165, 1.54) is 5.56 Å². The van der Waals surface area contributed by atoms with Crippen LogP contribution < -0.4 is 4.74 Å². The van der Waals surface area contributed by atoms with Crippen molar-refractivity contribution in [2.45, 2.75) is 24.9 Å². The van der Waals surface area contributed by atoms with Gasteiger partial charge in [-0.3, -0.25) is 9.69 Å². The summed E-state index contributed by atoms with van der Waals surface area (Å²) in [5.74, 6) is 0.668. The van der Waals surface area contributed by atoms with Crippen molar-refractivity contribution >= 4 is 27.5 Å². The Hall–Kier alpha value is -2.48. The van der Waals surface area contributed by atoms with E-state index >= 15 is 0 Å². The number of hydrogen-bond donors (Lipinski definition) is 1. The molecule has 2 fully saturated rings. The molecule has 0 radical (unpaired) electrons. The van der Waals surface area contributed by atoms with Crippen LogP contribution in [0.1, 0.15) is 12.0 Å². The monoisotopic (exact) mass is 409 g/mol. The van der Waals surface area contributed by atoms with Gasteiger partial charge in [-0.2, -0.15) is 0 Å². The molecule has 6 nitrogen and oxygen atoms in total. The van der Waals surface area contributed by atoms with Crippen LogP contribution in [0.4, 0.5) is 0 Å². The highest BCUT2D eigenvalue weighted by Gasteiger charge is 2.44. The Kier molecular flexibility index (Phi) is 4.95. The zero-order valence-corrected chi connectivity index (χ0v) is 16.8. The number of ether oxygens (including phenoxy) is 1. The minimum atomic E-state index is -0.384.